The monoisotopic (exact) mass is 370 g/mol. The van der Waals surface area contributed by atoms with Crippen molar-refractivity contribution in [1.29, 1.82) is 0 Å². The zero-order valence-electron chi connectivity index (χ0n) is 13.0. The zero-order chi connectivity index (χ0) is 18.0. The van der Waals surface area contributed by atoms with E-state index in [0.717, 1.165) is 23.7 Å². The van der Waals surface area contributed by atoms with E-state index >= 15 is 0 Å². The number of hydrogen-bond donors (Lipinski definition) is 1. The zero-order valence-corrected chi connectivity index (χ0v) is 13.8. The molecule has 0 radical (unpaired) electrons. The molecule has 132 valence electrons. The molecule has 2 N–H and O–H groups in total. The summed E-state index contributed by atoms with van der Waals surface area (Å²) in [4.78, 5) is 4.22. The number of nitrogens with two attached hydrogens (primary N) is 1. The highest BCUT2D eigenvalue weighted by Crippen LogP contribution is 2.29. The number of nitrogen functional groups attached to an aromatic ring is 1. The summed E-state index contributed by atoms with van der Waals surface area (Å²) < 4.78 is 43.4. The van der Waals surface area contributed by atoms with Crippen molar-refractivity contribution in [2.75, 3.05) is 5.84 Å². The largest absolute Gasteiger partial charge is 0.453 e. The molecule has 0 amide bonds. The van der Waals surface area contributed by atoms with Gasteiger partial charge in [-0.25, -0.2) is 4.68 Å². The van der Waals surface area contributed by atoms with Gasteiger partial charge in [-0.3, -0.25) is 0 Å². The highest BCUT2D eigenvalue weighted by molar-refractivity contribution is 7.98. The fourth-order valence-electron chi connectivity index (χ4n) is 2.02. The molecule has 3 aromatic rings. The van der Waals surface area contributed by atoms with Gasteiger partial charge in [0.25, 0.3) is 5.82 Å². The molecular weight excluding hydrogens is 357 g/mol. The first-order chi connectivity index (χ1) is 11.9. The lowest BCUT2D eigenvalue weighted by atomic mass is 10.1. The molecule has 2 aromatic heterocycles. The maximum atomic E-state index is 12.6. The fraction of sp³-hybridized carbons (Fsp3) is 0.286. The second kappa shape index (κ2) is 6.75. The van der Waals surface area contributed by atoms with Crippen LogP contribution in [0.1, 0.15) is 24.2 Å². The third-order valence-electron chi connectivity index (χ3n) is 3.33. The molecule has 0 unspecified atom stereocenters. The van der Waals surface area contributed by atoms with Crippen LogP contribution in [0.5, 0.6) is 0 Å². The lowest BCUT2D eigenvalue weighted by Gasteiger charge is -2.05. The standard InChI is InChI=1S/C14H13F3N6OS/c1-2-8-3-5-9(6-4-8)11-19-10(24-22-11)7-25-13-21-20-12(23(13)18)14(15,16)17/h3-6H,2,7,18H2,1H3. The molecule has 0 atom stereocenters. The van der Waals surface area contributed by atoms with Crippen LogP contribution in [0.3, 0.4) is 0 Å². The smallest absolute Gasteiger partial charge is 0.338 e. The number of aromatic nitrogens is 5. The maximum absolute atomic E-state index is 12.6. The average molecular weight is 370 g/mol. The lowest BCUT2D eigenvalue weighted by Crippen LogP contribution is -2.21. The van der Waals surface area contributed by atoms with Gasteiger partial charge in [0.1, 0.15) is 0 Å². The summed E-state index contributed by atoms with van der Waals surface area (Å²) in [6.07, 6.45) is -3.74. The lowest BCUT2D eigenvalue weighted by molar-refractivity contribution is -0.146. The van der Waals surface area contributed by atoms with Gasteiger partial charge in [-0.2, -0.15) is 18.2 Å². The molecule has 11 heteroatoms. The minimum absolute atomic E-state index is 0.0978. The SMILES string of the molecule is CCc1ccc(-c2noc(CSc3nnc(C(F)(F)F)n3N)n2)cc1. The third-order valence-corrected chi connectivity index (χ3v) is 4.26. The number of benzene rings is 1. The van der Waals surface area contributed by atoms with Gasteiger partial charge in [-0.05, 0) is 12.0 Å². The first-order valence-electron chi connectivity index (χ1n) is 7.21. The highest BCUT2D eigenvalue weighted by atomic mass is 32.2. The predicted molar refractivity (Wildman–Crippen MR) is 83.8 cm³/mol. The molecule has 0 fully saturated rings. The van der Waals surface area contributed by atoms with Crippen molar-refractivity contribution in [3.8, 4) is 11.4 Å². The molecule has 0 bridgehead atoms. The van der Waals surface area contributed by atoms with Gasteiger partial charge in [0.2, 0.25) is 16.9 Å². The van der Waals surface area contributed by atoms with Gasteiger partial charge in [0.15, 0.2) is 0 Å². The summed E-state index contributed by atoms with van der Waals surface area (Å²) in [5, 5.41) is 10.2. The van der Waals surface area contributed by atoms with Gasteiger partial charge in [0, 0.05) is 5.56 Å². The Hall–Kier alpha value is -2.56. The Morgan fingerprint density at radius 1 is 1.20 bits per heavy atom. The van der Waals surface area contributed by atoms with E-state index in [-0.39, 0.29) is 16.8 Å². The van der Waals surface area contributed by atoms with E-state index in [1.807, 2.05) is 24.3 Å². The van der Waals surface area contributed by atoms with Crippen molar-refractivity contribution in [2.45, 2.75) is 30.4 Å². The second-order valence-electron chi connectivity index (χ2n) is 5.02. The summed E-state index contributed by atoms with van der Waals surface area (Å²) in [6.45, 7) is 2.05. The molecule has 1 aromatic carbocycles. The van der Waals surface area contributed by atoms with E-state index in [0.29, 0.717) is 10.5 Å². The van der Waals surface area contributed by atoms with Crippen LogP contribution in [0.25, 0.3) is 11.4 Å². The molecule has 0 aliphatic carbocycles. The van der Waals surface area contributed by atoms with E-state index in [4.69, 9.17) is 10.4 Å². The van der Waals surface area contributed by atoms with Crippen LogP contribution in [0, 0.1) is 0 Å². The summed E-state index contributed by atoms with van der Waals surface area (Å²) in [5.74, 6) is 4.87. The molecule has 0 aliphatic heterocycles. The van der Waals surface area contributed by atoms with Crippen LogP contribution in [0.15, 0.2) is 33.9 Å². The topological polar surface area (TPSA) is 95.7 Å². The third kappa shape index (κ3) is 3.76. The van der Waals surface area contributed by atoms with Crippen molar-refractivity contribution in [2.24, 2.45) is 0 Å². The summed E-state index contributed by atoms with van der Waals surface area (Å²) in [7, 11) is 0. The quantitative estimate of drug-likeness (QED) is 0.545. The van der Waals surface area contributed by atoms with Crippen LogP contribution in [-0.4, -0.2) is 25.0 Å². The van der Waals surface area contributed by atoms with Crippen molar-refractivity contribution in [1.82, 2.24) is 25.0 Å². The molecule has 0 saturated carbocycles. The van der Waals surface area contributed by atoms with Crippen LogP contribution in [0.2, 0.25) is 0 Å². The van der Waals surface area contributed by atoms with Gasteiger partial charge in [0.05, 0.1) is 5.75 Å². The Balaban J connectivity index is 1.69. The average Bonchev–Trinajstić information content (AvgIpc) is 3.19. The van der Waals surface area contributed by atoms with E-state index in [1.54, 1.807) is 0 Å². The number of aryl methyl sites for hydroxylation is 1. The number of alkyl halides is 3. The number of rotatable bonds is 5. The van der Waals surface area contributed by atoms with E-state index in [9.17, 15) is 13.2 Å². The Morgan fingerprint density at radius 3 is 2.52 bits per heavy atom. The molecule has 25 heavy (non-hydrogen) atoms. The summed E-state index contributed by atoms with van der Waals surface area (Å²) >= 11 is 0.920. The van der Waals surface area contributed by atoms with E-state index in [1.165, 1.54) is 5.56 Å². The molecule has 7 nitrogen and oxygen atoms in total. The summed E-state index contributed by atoms with van der Waals surface area (Å²) in [5.41, 5.74) is 1.98. The second-order valence-corrected chi connectivity index (χ2v) is 5.97. The van der Waals surface area contributed by atoms with Crippen molar-refractivity contribution in [3.05, 3.63) is 41.5 Å². The maximum Gasteiger partial charge on any atom is 0.453 e. The summed E-state index contributed by atoms with van der Waals surface area (Å²) in [6, 6.07) is 7.70. The van der Waals surface area contributed by atoms with Crippen molar-refractivity contribution >= 4 is 11.8 Å². The van der Waals surface area contributed by atoms with Crippen molar-refractivity contribution in [3.63, 3.8) is 0 Å². The molecular formula is C14H13F3N6OS. The molecule has 2 heterocycles. The van der Waals surface area contributed by atoms with Gasteiger partial charge in [-0.15, -0.1) is 10.2 Å². The normalized spacial score (nSPS) is 11.8. The van der Waals surface area contributed by atoms with E-state index < -0.39 is 12.0 Å². The van der Waals surface area contributed by atoms with Gasteiger partial charge in [-0.1, -0.05) is 48.1 Å². The number of nitrogens with zero attached hydrogens (tertiary/aromatic N) is 5. The van der Waals surface area contributed by atoms with Crippen LogP contribution >= 0.6 is 11.8 Å². The molecule has 0 aliphatic rings. The number of thioether (sulfide) groups is 1. The number of halogens is 3. The van der Waals surface area contributed by atoms with Gasteiger partial charge >= 0.3 is 6.18 Å². The van der Waals surface area contributed by atoms with Gasteiger partial charge < -0.3 is 10.4 Å². The van der Waals surface area contributed by atoms with Crippen LogP contribution in [0.4, 0.5) is 13.2 Å². The molecule has 0 saturated heterocycles. The Morgan fingerprint density at radius 2 is 1.92 bits per heavy atom. The highest BCUT2D eigenvalue weighted by Gasteiger charge is 2.38. The Kier molecular flexibility index (Phi) is 4.66. The Bertz CT molecular complexity index is 858. The first-order valence-corrected chi connectivity index (χ1v) is 8.19. The number of hydrogen-bond acceptors (Lipinski definition) is 7. The molecule has 0 spiro atoms. The van der Waals surface area contributed by atoms with E-state index in [2.05, 4.69) is 27.3 Å². The van der Waals surface area contributed by atoms with Crippen molar-refractivity contribution < 1.29 is 17.7 Å². The molecule has 3 rings (SSSR count). The first kappa shape index (κ1) is 17.3. The van der Waals surface area contributed by atoms with Crippen LogP contribution < -0.4 is 5.84 Å². The fourth-order valence-corrected chi connectivity index (χ4v) is 2.71. The Labute approximate surface area is 144 Å². The van der Waals surface area contributed by atoms with Crippen LogP contribution in [-0.2, 0) is 18.3 Å². The minimum Gasteiger partial charge on any atom is -0.338 e. The predicted octanol–water partition coefficient (Wildman–Crippen LogP) is 2.92. The minimum atomic E-state index is -4.66.